The second kappa shape index (κ2) is 6.75. The molecule has 2 N–H and O–H groups in total. The number of hydrogen-bond donors (Lipinski definition) is 2. The summed E-state index contributed by atoms with van der Waals surface area (Å²) in [5.74, 6) is -0.401. The SMILES string of the molecule is O=C(O)CCC1CCCN(C(=O)N2CCNCC2)C1. The van der Waals surface area contributed by atoms with Gasteiger partial charge in [0.15, 0.2) is 0 Å². The van der Waals surface area contributed by atoms with Gasteiger partial charge in [0.1, 0.15) is 0 Å². The maximum atomic E-state index is 12.3. The quantitative estimate of drug-likeness (QED) is 0.786. The molecule has 1 unspecified atom stereocenters. The highest BCUT2D eigenvalue weighted by Crippen LogP contribution is 2.22. The smallest absolute Gasteiger partial charge is 0.320 e. The van der Waals surface area contributed by atoms with E-state index in [2.05, 4.69) is 5.32 Å². The van der Waals surface area contributed by atoms with Gasteiger partial charge < -0.3 is 20.2 Å². The molecule has 2 fully saturated rings. The van der Waals surface area contributed by atoms with Crippen molar-refractivity contribution >= 4 is 12.0 Å². The minimum atomic E-state index is -0.745. The van der Waals surface area contributed by atoms with Crippen LogP contribution in [0, 0.1) is 5.92 Å². The van der Waals surface area contributed by atoms with Gasteiger partial charge in [-0.15, -0.1) is 0 Å². The van der Waals surface area contributed by atoms with Crippen LogP contribution >= 0.6 is 0 Å². The van der Waals surface area contributed by atoms with Gasteiger partial charge in [0.25, 0.3) is 0 Å². The maximum Gasteiger partial charge on any atom is 0.320 e. The van der Waals surface area contributed by atoms with E-state index in [9.17, 15) is 9.59 Å². The van der Waals surface area contributed by atoms with Gasteiger partial charge in [-0.05, 0) is 25.2 Å². The third-order valence-electron chi connectivity index (χ3n) is 3.94. The molecule has 0 spiro atoms. The molecular weight excluding hydrogens is 246 g/mol. The highest BCUT2D eigenvalue weighted by Gasteiger charge is 2.27. The van der Waals surface area contributed by atoms with E-state index in [4.69, 9.17) is 5.11 Å². The van der Waals surface area contributed by atoms with Crippen LogP contribution in [0.1, 0.15) is 25.7 Å². The Hall–Kier alpha value is -1.30. The predicted molar refractivity (Wildman–Crippen MR) is 71.0 cm³/mol. The molecule has 2 saturated heterocycles. The van der Waals surface area contributed by atoms with Gasteiger partial charge in [-0.2, -0.15) is 0 Å². The number of likely N-dealkylation sites (tertiary alicyclic amines) is 1. The van der Waals surface area contributed by atoms with E-state index in [0.29, 0.717) is 12.3 Å². The number of hydrogen-bond acceptors (Lipinski definition) is 3. The van der Waals surface area contributed by atoms with Crippen LogP contribution < -0.4 is 5.32 Å². The Kier molecular flexibility index (Phi) is 5.01. The number of piperidine rings is 1. The molecule has 19 heavy (non-hydrogen) atoms. The molecule has 0 aromatic rings. The summed E-state index contributed by atoms with van der Waals surface area (Å²) in [6.07, 6.45) is 2.92. The summed E-state index contributed by atoms with van der Waals surface area (Å²) in [5.41, 5.74) is 0. The van der Waals surface area contributed by atoms with E-state index in [-0.39, 0.29) is 12.5 Å². The summed E-state index contributed by atoms with van der Waals surface area (Å²) in [7, 11) is 0. The van der Waals surface area contributed by atoms with Gasteiger partial charge in [-0.1, -0.05) is 0 Å². The second-order valence-electron chi connectivity index (χ2n) is 5.41. The van der Waals surface area contributed by atoms with Crippen molar-refractivity contribution in [1.29, 1.82) is 0 Å². The lowest BCUT2D eigenvalue weighted by molar-refractivity contribution is -0.137. The molecule has 2 aliphatic heterocycles. The first kappa shape index (κ1) is 14.1. The standard InChI is InChI=1S/C13H23N3O3/c17-12(18)4-3-11-2-1-7-16(10-11)13(19)15-8-5-14-6-9-15/h11,14H,1-10H2,(H,17,18). The molecule has 6 nitrogen and oxygen atoms in total. The van der Waals surface area contributed by atoms with Gasteiger partial charge in [0.05, 0.1) is 0 Å². The number of carboxylic acids is 1. The second-order valence-corrected chi connectivity index (χ2v) is 5.41. The Bertz CT molecular complexity index is 329. The highest BCUT2D eigenvalue weighted by molar-refractivity contribution is 5.74. The van der Waals surface area contributed by atoms with Gasteiger partial charge in [0.2, 0.25) is 0 Å². The van der Waals surface area contributed by atoms with E-state index in [0.717, 1.165) is 52.1 Å². The van der Waals surface area contributed by atoms with E-state index in [1.54, 1.807) is 0 Å². The van der Waals surface area contributed by atoms with Crippen molar-refractivity contribution in [1.82, 2.24) is 15.1 Å². The lowest BCUT2D eigenvalue weighted by Crippen LogP contribution is -2.53. The van der Waals surface area contributed by atoms with Gasteiger partial charge in [0, 0.05) is 45.7 Å². The summed E-state index contributed by atoms with van der Waals surface area (Å²) >= 11 is 0. The van der Waals surface area contributed by atoms with Gasteiger partial charge in [-0.3, -0.25) is 4.79 Å². The lowest BCUT2D eigenvalue weighted by Gasteiger charge is -2.37. The predicted octanol–water partition coefficient (Wildman–Crippen LogP) is 0.588. The Morgan fingerprint density at radius 1 is 1.16 bits per heavy atom. The molecule has 6 heteroatoms. The number of nitrogens with zero attached hydrogens (tertiary/aromatic N) is 2. The third kappa shape index (κ3) is 4.09. The summed E-state index contributed by atoms with van der Waals surface area (Å²) in [4.78, 5) is 26.8. The number of nitrogens with one attached hydrogen (secondary N) is 1. The van der Waals surface area contributed by atoms with Crippen LogP contribution in [0.5, 0.6) is 0 Å². The molecule has 2 aliphatic rings. The van der Waals surface area contributed by atoms with E-state index < -0.39 is 5.97 Å². The van der Waals surface area contributed by atoms with Crippen molar-refractivity contribution < 1.29 is 14.7 Å². The minimum absolute atomic E-state index is 0.126. The van der Waals surface area contributed by atoms with Gasteiger partial charge >= 0.3 is 12.0 Å². The zero-order chi connectivity index (χ0) is 13.7. The largest absolute Gasteiger partial charge is 0.481 e. The Labute approximate surface area is 113 Å². The molecule has 0 saturated carbocycles. The third-order valence-corrected chi connectivity index (χ3v) is 3.94. The number of amides is 2. The Morgan fingerprint density at radius 2 is 1.89 bits per heavy atom. The van der Waals surface area contributed by atoms with Gasteiger partial charge in [-0.25, -0.2) is 4.79 Å². The fourth-order valence-corrected chi connectivity index (χ4v) is 2.86. The normalized spacial score (nSPS) is 24.3. The molecule has 108 valence electrons. The first-order valence-corrected chi connectivity index (χ1v) is 7.13. The van der Waals surface area contributed by atoms with E-state index in [1.807, 2.05) is 9.80 Å². The minimum Gasteiger partial charge on any atom is -0.481 e. The average molecular weight is 269 g/mol. The highest BCUT2D eigenvalue weighted by atomic mass is 16.4. The summed E-state index contributed by atoms with van der Waals surface area (Å²) in [6, 6.07) is 0.126. The van der Waals surface area contributed by atoms with Crippen LogP contribution in [0.2, 0.25) is 0 Å². The molecular formula is C13H23N3O3. The number of carboxylic acid groups (broad SMARTS) is 1. The van der Waals surface area contributed by atoms with Crippen LogP contribution in [-0.4, -0.2) is 66.2 Å². The van der Waals surface area contributed by atoms with Crippen LogP contribution in [0.25, 0.3) is 0 Å². The van der Waals surface area contributed by atoms with Crippen molar-refractivity contribution in [3.05, 3.63) is 0 Å². The number of aliphatic carboxylic acids is 1. The monoisotopic (exact) mass is 269 g/mol. The van der Waals surface area contributed by atoms with E-state index >= 15 is 0 Å². The fraction of sp³-hybridized carbons (Fsp3) is 0.846. The fourth-order valence-electron chi connectivity index (χ4n) is 2.86. The molecule has 2 heterocycles. The first-order chi connectivity index (χ1) is 9.16. The Morgan fingerprint density at radius 3 is 2.58 bits per heavy atom. The van der Waals surface area contributed by atoms with Crippen LogP contribution in [0.15, 0.2) is 0 Å². The number of carbonyl (C=O) groups is 2. The number of rotatable bonds is 3. The molecule has 2 rings (SSSR count). The molecule has 2 amide bonds. The van der Waals surface area contributed by atoms with Crippen molar-refractivity contribution in [3.63, 3.8) is 0 Å². The summed E-state index contributed by atoms with van der Waals surface area (Å²) < 4.78 is 0. The molecule has 0 aliphatic carbocycles. The maximum absolute atomic E-state index is 12.3. The molecule has 0 aromatic carbocycles. The molecule has 0 aromatic heterocycles. The lowest BCUT2D eigenvalue weighted by atomic mass is 9.93. The van der Waals surface area contributed by atoms with Crippen molar-refractivity contribution in [2.75, 3.05) is 39.3 Å². The first-order valence-electron chi connectivity index (χ1n) is 7.13. The Balaban J connectivity index is 1.82. The summed E-state index contributed by atoms with van der Waals surface area (Å²) in [5, 5.41) is 12.0. The number of piperazine rings is 1. The zero-order valence-electron chi connectivity index (χ0n) is 11.3. The zero-order valence-corrected chi connectivity index (χ0v) is 11.3. The van der Waals surface area contributed by atoms with Crippen LogP contribution in [0.4, 0.5) is 4.79 Å². The van der Waals surface area contributed by atoms with Crippen molar-refractivity contribution in [2.24, 2.45) is 5.92 Å². The van der Waals surface area contributed by atoms with Crippen LogP contribution in [-0.2, 0) is 4.79 Å². The summed E-state index contributed by atoms with van der Waals surface area (Å²) in [6.45, 7) is 4.80. The molecule has 1 atom stereocenters. The number of carbonyl (C=O) groups excluding carboxylic acids is 1. The number of urea groups is 1. The van der Waals surface area contributed by atoms with Crippen LogP contribution in [0.3, 0.4) is 0 Å². The van der Waals surface area contributed by atoms with Crippen molar-refractivity contribution in [3.8, 4) is 0 Å². The van der Waals surface area contributed by atoms with E-state index in [1.165, 1.54) is 0 Å². The molecule has 0 radical (unpaired) electrons. The molecule has 0 bridgehead atoms. The van der Waals surface area contributed by atoms with Crippen molar-refractivity contribution in [2.45, 2.75) is 25.7 Å². The average Bonchev–Trinajstić information content (AvgIpc) is 2.45. The topological polar surface area (TPSA) is 72.9 Å².